The minimum Gasteiger partial charge on any atom is -0.497 e. The highest BCUT2D eigenvalue weighted by atomic mass is 32.1. The number of hydrogen-bond acceptors (Lipinski definition) is 2. The molecule has 1 N–H and O–H groups in total. The van der Waals surface area contributed by atoms with Gasteiger partial charge in [0, 0.05) is 11.8 Å². The van der Waals surface area contributed by atoms with Crippen LogP contribution >= 0.6 is 12.2 Å². The summed E-state index contributed by atoms with van der Waals surface area (Å²) in [4.78, 5) is 0. The second kappa shape index (κ2) is 5.19. The zero-order valence-corrected chi connectivity index (χ0v) is 10.9. The summed E-state index contributed by atoms with van der Waals surface area (Å²) in [6.45, 7) is 2.15. The summed E-state index contributed by atoms with van der Waals surface area (Å²) in [7, 11) is 1.66. The van der Waals surface area contributed by atoms with Gasteiger partial charge in [-0.15, -0.1) is 0 Å². The smallest absolute Gasteiger partial charge is 0.127 e. The van der Waals surface area contributed by atoms with Crippen molar-refractivity contribution in [2.24, 2.45) is 0 Å². The third kappa shape index (κ3) is 2.58. The number of aromatic amines is 1. The summed E-state index contributed by atoms with van der Waals surface area (Å²) in [6, 6.07) is 9.85. The Balaban J connectivity index is 2.41. The summed E-state index contributed by atoms with van der Waals surface area (Å²) in [6.07, 6.45) is 2.12. The molecule has 0 aliphatic heterocycles. The zero-order valence-electron chi connectivity index (χ0n) is 10.1. The molecule has 0 bridgehead atoms. The van der Waals surface area contributed by atoms with Gasteiger partial charge in [0.2, 0.25) is 0 Å². The van der Waals surface area contributed by atoms with E-state index in [0.29, 0.717) is 0 Å². The number of benzene rings is 1. The van der Waals surface area contributed by atoms with Crippen molar-refractivity contribution >= 4 is 12.2 Å². The average molecular weight is 248 g/mol. The second-order valence-corrected chi connectivity index (χ2v) is 4.32. The van der Waals surface area contributed by atoms with Crippen LogP contribution in [0.5, 0.6) is 5.75 Å². The first-order valence-corrected chi connectivity index (χ1v) is 6.10. The summed E-state index contributed by atoms with van der Waals surface area (Å²) in [5.74, 6) is 0.830. The van der Waals surface area contributed by atoms with Crippen molar-refractivity contribution < 1.29 is 4.74 Å². The number of rotatable bonds is 4. The molecule has 3 nitrogen and oxygen atoms in total. The monoisotopic (exact) mass is 248 g/mol. The fraction of sp³-hybridized carbons (Fsp3) is 0.308. The SMILES string of the molecule is CCCc1cc(=S)n(-c2cccc(OC)c2)[nH]1. The molecule has 17 heavy (non-hydrogen) atoms. The van der Waals surface area contributed by atoms with E-state index in [2.05, 4.69) is 12.0 Å². The summed E-state index contributed by atoms with van der Waals surface area (Å²) >= 11 is 5.34. The predicted molar refractivity (Wildman–Crippen MR) is 71.5 cm³/mol. The van der Waals surface area contributed by atoms with E-state index in [-0.39, 0.29) is 0 Å². The molecule has 0 spiro atoms. The lowest BCUT2D eigenvalue weighted by Crippen LogP contribution is -1.98. The van der Waals surface area contributed by atoms with E-state index < -0.39 is 0 Å². The first-order valence-electron chi connectivity index (χ1n) is 5.70. The molecular weight excluding hydrogens is 232 g/mol. The second-order valence-electron chi connectivity index (χ2n) is 3.91. The van der Waals surface area contributed by atoms with Crippen LogP contribution < -0.4 is 4.74 Å². The Morgan fingerprint density at radius 1 is 1.35 bits per heavy atom. The highest BCUT2D eigenvalue weighted by Crippen LogP contribution is 2.17. The van der Waals surface area contributed by atoms with Crippen LogP contribution in [0.25, 0.3) is 5.69 Å². The molecule has 1 heterocycles. The molecule has 0 atom stereocenters. The number of H-pyrrole nitrogens is 1. The Bertz CT molecular complexity index is 557. The molecule has 0 aliphatic carbocycles. The van der Waals surface area contributed by atoms with E-state index in [1.54, 1.807) is 7.11 Å². The Kier molecular flexibility index (Phi) is 3.64. The van der Waals surface area contributed by atoms with Crippen molar-refractivity contribution in [1.82, 2.24) is 9.78 Å². The van der Waals surface area contributed by atoms with E-state index in [4.69, 9.17) is 17.0 Å². The van der Waals surface area contributed by atoms with Crippen LogP contribution in [0.2, 0.25) is 0 Å². The number of hydrogen-bond donors (Lipinski definition) is 1. The summed E-state index contributed by atoms with van der Waals surface area (Å²) < 4.78 is 7.91. The predicted octanol–water partition coefficient (Wildman–Crippen LogP) is 3.50. The fourth-order valence-electron chi connectivity index (χ4n) is 1.78. The minimum atomic E-state index is 0.793. The number of aromatic nitrogens is 2. The lowest BCUT2D eigenvalue weighted by molar-refractivity contribution is 0.414. The maximum absolute atomic E-state index is 5.34. The van der Waals surface area contributed by atoms with Crippen LogP contribution in [0.4, 0.5) is 0 Å². The maximum atomic E-state index is 5.34. The van der Waals surface area contributed by atoms with Crippen LogP contribution in [0.15, 0.2) is 30.3 Å². The van der Waals surface area contributed by atoms with E-state index in [1.165, 1.54) is 5.69 Å². The van der Waals surface area contributed by atoms with Gasteiger partial charge in [-0.3, -0.25) is 5.10 Å². The standard InChI is InChI=1S/C13H16N2OS/c1-3-5-10-8-13(17)15(14-10)11-6-4-7-12(9-11)16-2/h4,6-9,14H,3,5H2,1-2H3. The van der Waals surface area contributed by atoms with Crippen molar-refractivity contribution in [2.45, 2.75) is 19.8 Å². The number of aryl methyl sites for hydroxylation is 1. The lowest BCUT2D eigenvalue weighted by Gasteiger charge is -2.05. The number of nitrogens with zero attached hydrogens (tertiary/aromatic N) is 1. The quantitative estimate of drug-likeness (QED) is 0.839. The molecule has 90 valence electrons. The van der Waals surface area contributed by atoms with Crippen molar-refractivity contribution in [1.29, 1.82) is 0 Å². The third-order valence-electron chi connectivity index (χ3n) is 2.60. The molecule has 0 amide bonds. The molecule has 1 aromatic carbocycles. The molecule has 1 aromatic heterocycles. The molecule has 0 aliphatic rings. The first kappa shape index (κ1) is 11.9. The largest absolute Gasteiger partial charge is 0.497 e. The Morgan fingerprint density at radius 2 is 2.18 bits per heavy atom. The highest BCUT2D eigenvalue weighted by Gasteiger charge is 2.03. The van der Waals surface area contributed by atoms with Crippen LogP contribution in [0.3, 0.4) is 0 Å². The fourth-order valence-corrected chi connectivity index (χ4v) is 2.08. The average Bonchev–Trinajstić information content (AvgIpc) is 2.71. The van der Waals surface area contributed by atoms with Gasteiger partial charge in [0.1, 0.15) is 10.4 Å². The van der Waals surface area contributed by atoms with Gasteiger partial charge >= 0.3 is 0 Å². The Morgan fingerprint density at radius 3 is 2.88 bits per heavy atom. The zero-order chi connectivity index (χ0) is 12.3. The molecule has 4 heteroatoms. The Labute approximate surface area is 106 Å². The molecule has 0 saturated heterocycles. The molecule has 2 aromatic rings. The van der Waals surface area contributed by atoms with E-state index in [9.17, 15) is 0 Å². The number of ether oxygens (including phenoxy) is 1. The van der Waals surface area contributed by atoms with Gasteiger partial charge in [-0.1, -0.05) is 31.6 Å². The molecule has 0 saturated carbocycles. The van der Waals surface area contributed by atoms with Gasteiger partial charge in [-0.05, 0) is 24.6 Å². The molecule has 0 fully saturated rings. The molecular formula is C13H16N2OS. The maximum Gasteiger partial charge on any atom is 0.127 e. The van der Waals surface area contributed by atoms with Crippen LogP contribution in [-0.4, -0.2) is 16.9 Å². The minimum absolute atomic E-state index is 0.793. The summed E-state index contributed by atoms with van der Waals surface area (Å²) in [5.41, 5.74) is 2.16. The normalized spacial score (nSPS) is 10.5. The van der Waals surface area contributed by atoms with Gasteiger partial charge < -0.3 is 4.74 Å². The number of methoxy groups -OCH3 is 1. The van der Waals surface area contributed by atoms with Gasteiger partial charge in [0.25, 0.3) is 0 Å². The molecule has 0 radical (unpaired) electrons. The van der Waals surface area contributed by atoms with E-state index in [0.717, 1.165) is 28.9 Å². The van der Waals surface area contributed by atoms with Crippen LogP contribution in [0, 0.1) is 4.64 Å². The van der Waals surface area contributed by atoms with Gasteiger partial charge in [0.15, 0.2) is 0 Å². The van der Waals surface area contributed by atoms with Crippen LogP contribution in [0.1, 0.15) is 19.0 Å². The lowest BCUT2D eigenvalue weighted by atomic mass is 10.3. The number of nitrogens with one attached hydrogen (secondary N) is 1. The Hall–Kier alpha value is -1.55. The highest BCUT2D eigenvalue weighted by molar-refractivity contribution is 7.71. The molecule has 0 unspecified atom stereocenters. The van der Waals surface area contributed by atoms with Gasteiger partial charge in [-0.2, -0.15) is 0 Å². The van der Waals surface area contributed by atoms with Crippen molar-refractivity contribution in [3.05, 3.63) is 40.7 Å². The van der Waals surface area contributed by atoms with Crippen LogP contribution in [-0.2, 0) is 6.42 Å². The summed E-state index contributed by atoms with van der Waals surface area (Å²) in [5, 5.41) is 3.31. The van der Waals surface area contributed by atoms with E-state index >= 15 is 0 Å². The first-order chi connectivity index (χ1) is 8.24. The van der Waals surface area contributed by atoms with Crippen molar-refractivity contribution in [3.63, 3.8) is 0 Å². The van der Waals surface area contributed by atoms with Crippen molar-refractivity contribution in [2.75, 3.05) is 7.11 Å². The molecule has 2 rings (SSSR count). The van der Waals surface area contributed by atoms with E-state index in [1.807, 2.05) is 35.0 Å². The van der Waals surface area contributed by atoms with Crippen molar-refractivity contribution in [3.8, 4) is 11.4 Å². The van der Waals surface area contributed by atoms with Gasteiger partial charge in [-0.25, -0.2) is 4.68 Å². The topological polar surface area (TPSA) is 29.9 Å². The third-order valence-corrected chi connectivity index (χ3v) is 2.90. The van der Waals surface area contributed by atoms with Gasteiger partial charge in [0.05, 0.1) is 12.8 Å².